The van der Waals surface area contributed by atoms with Crippen molar-refractivity contribution in [1.29, 1.82) is 5.26 Å². The molecule has 0 fully saturated rings. The molecule has 92 valence electrons. The molecule has 0 unspecified atom stereocenters. The monoisotopic (exact) mass is 236 g/mol. The molecule has 0 atom stereocenters. The number of halogens is 1. The van der Waals surface area contributed by atoms with Gasteiger partial charge in [-0.25, -0.2) is 4.39 Å². The summed E-state index contributed by atoms with van der Waals surface area (Å²) in [4.78, 5) is 0. The molecule has 17 heavy (non-hydrogen) atoms. The van der Waals surface area contributed by atoms with Crippen molar-refractivity contribution in [3.05, 3.63) is 29.6 Å². The molecule has 0 aliphatic heterocycles. The van der Waals surface area contributed by atoms with Crippen molar-refractivity contribution < 1.29 is 9.13 Å². The largest absolute Gasteiger partial charge is 0.491 e. The van der Waals surface area contributed by atoms with Crippen molar-refractivity contribution in [3.63, 3.8) is 0 Å². The standard InChI is InChI=1S/C13H17FN2O/c1-16-10-11-5-6-13(12(14)9-11)17-8-4-2-3-7-15/h5-6,9,16H,2-4,8,10H2,1H3. The molecule has 0 spiro atoms. The first kappa shape index (κ1) is 13.5. The van der Waals surface area contributed by atoms with Gasteiger partial charge in [-0.1, -0.05) is 6.07 Å². The summed E-state index contributed by atoms with van der Waals surface area (Å²) in [6.45, 7) is 1.09. The molecule has 1 N–H and O–H groups in total. The predicted octanol–water partition coefficient (Wildman–Crippen LogP) is 2.62. The number of rotatable bonds is 7. The van der Waals surface area contributed by atoms with E-state index in [0.717, 1.165) is 18.4 Å². The van der Waals surface area contributed by atoms with Crippen LogP contribution in [-0.4, -0.2) is 13.7 Å². The zero-order valence-electron chi connectivity index (χ0n) is 10.0. The van der Waals surface area contributed by atoms with Crippen molar-refractivity contribution in [2.24, 2.45) is 0 Å². The van der Waals surface area contributed by atoms with Crippen LogP contribution in [0.3, 0.4) is 0 Å². The van der Waals surface area contributed by atoms with Crippen LogP contribution in [0, 0.1) is 17.1 Å². The van der Waals surface area contributed by atoms with Gasteiger partial charge in [0.1, 0.15) is 0 Å². The molecule has 4 heteroatoms. The fraction of sp³-hybridized carbons (Fsp3) is 0.462. The second-order valence-electron chi connectivity index (χ2n) is 3.76. The number of hydrogen-bond acceptors (Lipinski definition) is 3. The molecule has 3 nitrogen and oxygen atoms in total. The number of ether oxygens (including phenoxy) is 1. The molecule has 0 radical (unpaired) electrons. The van der Waals surface area contributed by atoms with Gasteiger partial charge in [-0.15, -0.1) is 0 Å². The Bertz CT molecular complexity index is 387. The summed E-state index contributed by atoms with van der Waals surface area (Å²) < 4.78 is 18.9. The molecule has 0 aromatic heterocycles. The van der Waals surface area contributed by atoms with Gasteiger partial charge in [-0.2, -0.15) is 5.26 Å². The molecule has 0 saturated heterocycles. The minimum Gasteiger partial charge on any atom is -0.491 e. The SMILES string of the molecule is CNCc1ccc(OCCCCC#N)c(F)c1. The molecule has 0 aliphatic rings. The quantitative estimate of drug-likeness (QED) is 0.740. The third-order valence-corrected chi connectivity index (χ3v) is 2.32. The van der Waals surface area contributed by atoms with E-state index < -0.39 is 0 Å². The van der Waals surface area contributed by atoms with Gasteiger partial charge in [0.25, 0.3) is 0 Å². The summed E-state index contributed by atoms with van der Waals surface area (Å²) in [6.07, 6.45) is 2.08. The van der Waals surface area contributed by atoms with E-state index >= 15 is 0 Å². The number of unbranched alkanes of at least 4 members (excludes halogenated alkanes) is 2. The van der Waals surface area contributed by atoms with Crippen molar-refractivity contribution in [1.82, 2.24) is 5.32 Å². The van der Waals surface area contributed by atoms with E-state index in [0.29, 0.717) is 19.6 Å². The Labute approximate surface area is 101 Å². The zero-order valence-corrected chi connectivity index (χ0v) is 10.0. The molecule has 0 amide bonds. The zero-order chi connectivity index (χ0) is 12.5. The molecule has 0 aliphatic carbocycles. The summed E-state index contributed by atoms with van der Waals surface area (Å²) in [5, 5.41) is 11.3. The predicted molar refractivity (Wildman–Crippen MR) is 64.1 cm³/mol. The molecule has 1 rings (SSSR count). The summed E-state index contributed by atoms with van der Waals surface area (Å²) in [6, 6.07) is 7.02. The number of nitriles is 1. The molecule has 1 aromatic carbocycles. The van der Waals surface area contributed by atoms with Gasteiger partial charge >= 0.3 is 0 Å². The Hall–Kier alpha value is -1.60. The van der Waals surface area contributed by atoms with Gasteiger partial charge in [0.15, 0.2) is 11.6 Å². The lowest BCUT2D eigenvalue weighted by atomic mass is 10.2. The Morgan fingerprint density at radius 3 is 2.88 bits per heavy atom. The van der Waals surface area contributed by atoms with Crippen LogP contribution in [0.15, 0.2) is 18.2 Å². The Balaban J connectivity index is 2.41. The van der Waals surface area contributed by atoms with Crippen LogP contribution in [0.4, 0.5) is 4.39 Å². The Kier molecular flexibility index (Phi) is 6.05. The minimum atomic E-state index is -0.335. The van der Waals surface area contributed by atoms with Crippen molar-refractivity contribution in [3.8, 4) is 11.8 Å². The van der Waals surface area contributed by atoms with Crippen LogP contribution in [0.25, 0.3) is 0 Å². The molecule has 1 aromatic rings. The van der Waals surface area contributed by atoms with E-state index in [-0.39, 0.29) is 11.6 Å². The molecule has 0 saturated carbocycles. The Morgan fingerprint density at radius 1 is 1.41 bits per heavy atom. The van der Waals surface area contributed by atoms with Crippen LogP contribution in [0.2, 0.25) is 0 Å². The Morgan fingerprint density at radius 2 is 2.24 bits per heavy atom. The highest BCUT2D eigenvalue weighted by atomic mass is 19.1. The van der Waals surface area contributed by atoms with Crippen LogP contribution < -0.4 is 10.1 Å². The van der Waals surface area contributed by atoms with E-state index in [9.17, 15) is 4.39 Å². The molecular formula is C13H17FN2O. The second-order valence-corrected chi connectivity index (χ2v) is 3.76. The highest BCUT2D eigenvalue weighted by Crippen LogP contribution is 2.18. The maximum atomic E-state index is 13.5. The second kappa shape index (κ2) is 7.64. The van der Waals surface area contributed by atoms with E-state index in [4.69, 9.17) is 10.00 Å². The average molecular weight is 236 g/mol. The van der Waals surface area contributed by atoms with E-state index in [1.165, 1.54) is 6.07 Å². The number of hydrogen-bond donors (Lipinski definition) is 1. The summed E-state index contributed by atoms with van der Waals surface area (Å²) in [5.41, 5.74) is 0.891. The first-order valence-corrected chi connectivity index (χ1v) is 5.70. The summed E-state index contributed by atoms with van der Waals surface area (Å²) in [7, 11) is 1.82. The number of benzene rings is 1. The highest BCUT2D eigenvalue weighted by molar-refractivity contribution is 5.29. The van der Waals surface area contributed by atoms with Gasteiger partial charge in [-0.05, 0) is 37.6 Å². The van der Waals surface area contributed by atoms with E-state index in [1.54, 1.807) is 6.07 Å². The maximum Gasteiger partial charge on any atom is 0.165 e. The normalized spacial score (nSPS) is 9.94. The van der Waals surface area contributed by atoms with Gasteiger partial charge in [0, 0.05) is 13.0 Å². The van der Waals surface area contributed by atoms with Crippen LogP contribution in [0.5, 0.6) is 5.75 Å². The highest BCUT2D eigenvalue weighted by Gasteiger charge is 2.04. The lowest BCUT2D eigenvalue weighted by molar-refractivity contribution is 0.292. The minimum absolute atomic E-state index is 0.279. The molecule has 0 bridgehead atoms. The number of nitrogens with one attached hydrogen (secondary N) is 1. The van der Waals surface area contributed by atoms with Crippen molar-refractivity contribution in [2.45, 2.75) is 25.8 Å². The smallest absolute Gasteiger partial charge is 0.165 e. The molecular weight excluding hydrogens is 219 g/mol. The van der Waals surface area contributed by atoms with Crippen molar-refractivity contribution in [2.75, 3.05) is 13.7 Å². The lowest BCUT2D eigenvalue weighted by Gasteiger charge is -2.08. The molecule has 0 heterocycles. The van der Waals surface area contributed by atoms with E-state index in [1.807, 2.05) is 13.1 Å². The fourth-order valence-electron chi connectivity index (χ4n) is 1.46. The lowest BCUT2D eigenvalue weighted by Crippen LogP contribution is -2.06. The third kappa shape index (κ3) is 4.83. The summed E-state index contributed by atoms with van der Waals surface area (Å²) in [5.74, 6) is -0.0557. The van der Waals surface area contributed by atoms with Gasteiger partial charge in [0.05, 0.1) is 12.7 Å². The fourth-order valence-corrected chi connectivity index (χ4v) is 1.46. The van der Waals surface area contributed by atoms with Crippen LogP contribution >= 0.6 is 0 Å². The first-order chi connectivity index (χ1) is 8.27. The van der Waals surface area contributed by atoms with Gasteiger partial charge in [0.2, 0.25) is 0 Å². The topological polar surface area (TPSA) is 45.0 Å². The number of nitrogens with zero attached hydrogens (tertiary/aromatic N) is 1. The van der Waals surface area contributed by atoms with Gasteiger partial charge in [-0.3, -0.25) is 0 Å². The maximum absolute atomic E-state index is 13.5. The van der Waals surface area contributed by atoms with Crippen LogP contribution in [-0.2, 0) is 6.54 Å². The average Bonchev–Trinajstić information content (AvgIpc) is 2.32. The van der Waals surface area contributed by atoms with Crippen molar-refractivity contribution >= 4 is 0 Å². The van der Waals surface area contributed by atoms with Crippen LogP contribution in [0.1, 0.15) is 24.8 Å². The van der Waals surface area contributed by atoms with E-state index in [2.05, 4.69) is 11.4 Å². The first-order valence-electron chi connectivity index (χ1n) is 5.70. The van der Waals surface area contributed by atoms with Gasteiger partial charge < -0.3 is 10.1 Å². The third-order valence-electron chi connectivity index (χ3n) is 2.32. The summed E-state index contributed by atoms with van der Waals surface area (Å²) >= 11 is 0.